The van der Waals surface area contributed by atoms with E-state index in [1.807, 2.05) is 0 Å². The van der Waals surface area contributed by atoms with E-state index in [0.717, 1.165) is 38.2 Å². The molecule has 1 fully saturated rings. The molecule has 1 N–H and O–H groups in total. The zero-order valence-corrected chi connectivity index (χ0v) is 17.0. The number of Topliss-reactive ketones (excluding diaryl/α,β-unsaturated/α-hetero) is 1. The zero-order valence-electron chi connectivity index (χ0n) is 17.0. The summed E-state index contributed by atoms with van der Waals surface area (Å²) in [6.07, 6.45) is 6.10. The van der Waals surface area contributed by atoms with Gasteiger partial charge in [0.2, 0.25) is 17.4 Å². The average Bonchev–Trinajstić information content (AvgIpc) is 2.91. The van der Waals surface area contributed by atoms with Crippen molar-refractivity contribution in [2.45, 2.75) is 58.9 Å². The Labute approximate surface area is 169 Å². The van der Waals surface area contributed by atoms with Crippen molar-refractivity contribution >= 4 is 23.5 Å². The molecule has 1 heterocycles. The first-order valence-electron chi connectivity index (χ1n) is 10.2. The molecular weight excluding hydrogens is 378 g/mol. The van der Waals surface area contributed by atoms with E-state index in [1.54, 1.807) is 13.8 Å². The van der Waals surface area contributed by atoms with Crippen molar-refractivity contribution in [1.29, 1.82) is 0 Å². The number of rotatable bonds is 6. The zero-order chi connectivity index (χ0) is 21.2. The first kappa shape index (κ1) is 21.1. The Hall–Kier alpha value is -2.64. The van der Waals surface area contributed by atoms with Crippen LogP contribution in [0, 0.1) is 11.3 Å². The van der Waals surface area contributed by atoms with Gasteiger partial charge in [-0.15, -0.1) is 0 Å². The van der Waals surface area contributed by atoms with Crippen molar-refractivity contribution in [3.05, 3.63) is 23.3 Å². The summed E-state index contributed by atoms with van der Waals surface area (Å²) in [7, 11) is 0. The second-order valence-corrected chi connectivity index (χ2v) is 7.63. The third-order valence-corrected chi connectivity index (χ3v) is 5.75. The lowest BCUT2D eigenvalue weighted by molar-refractivity contribution is -0.159. The van der Waals surface area contributed by atoms with Crippen LogP contribution in [-0.4, -0.2) is 42.8 Å². The number of esters is 2. The van der Waals surface area contributed by atoms with Crippen molar-refractivity contribution in [3.8, 4) is 0 Å². The number of carbonyl (C=O) groups is 4. The molecule has 3 aliphatic rings. The SMILES string of the molecule is CCOC(=O)C1=C(NC2CCCCC2)OC2=CC(=O)C(=O)[C@]2(C)[C@@H]1C(=O)OCC. The Morgan fingerprint density at radius 1 is 1.14 bits per heavy atom. The molecule has 0 amide bonds. The van der Waals surface area contributed by atoms with E-state index < -0.39 is 34.8 Å². The van der Waals surface area contributed by atoms with Crippen LogP contribution >= 0.6 is 0 Å². The van der Waals surface area contributed by atoms with Gasteiger partial charge in [-0.3, -0.25) is 14.4 Å². The van der Waals surface area contributed by atoms with Crippen LogP contribution in [0.2, 0.25) is 0 Å². The van der Waals surface area contributed by atoms with Gasteiger partial charge in [-0.25, -0.2) is 4.79 Å². The lowest BCUT2D eigenvalue weighted by Crippen LogP contribution is -2.49. The highest BCUT2D eigenvalue weighted by molar-refractivity contribution is 6.47. The maximum Gasteiger partial charge on any atom is 0.340 e. The number of ketones is 2. The normalized spacial score (nSPS) is 27.1. The van der Waals surface area contributed by atoms with Crippen LogP contribution in [0.1, 0.15) is 52.9 Å². The molecule has 0 radical (unpaired) electrons. The predicted octanol–water partition coefficient (Wildman–Crippen LogP) is 1.93. The van der Waals surface area contributed by atoms with Crippen molar-refractivity contribution in [1.82, 2.24) is 5.32 Å². The summed E-state index contributed by atoms with van der Waals surface area (Å²) >= 11 is 0. The van der Waals surface area contributed by atoms with Gasteiger partial charge in [0, 0.05) is 12.1 Å². The van der Waals surface area contributed by atoms with E-state index in [4.69, 9.17) is 14.2 Å². The van der Waals surface area contributed by atoms with Crippen LogP contribution in [-0.2, 0) is 33.4 Å². The summed E-state index contributed by atoms with van der Waals surface area (Å²) in [4.78, 5) is 50.7. The van der Waals surface area contributed by atoms with Gasteiger partial charge < -0.3 is 19.5 Å². The molecule has 1 saturated carbocycles. The molecule has 8 heteroatoms. The fourth-order valence-electron chi connectivity index (χ4n) is 4.23. The minimum Gasteiger partial charge on any atom is -0.465 e. The fourth-order valence-corrected chi connectivity index (χ4v) is 4.23. The molecule has 0 spiro atoms. The molecule has 29 heavy (non-hydrogen) atoms. The standard InChI is InChI=1S/C21H27NO7/c1-4-27-19(25)15-16(20(26)28-5-2)21(3)14(11-13(23)17(21)24)29-18(15)22-12-9-7-6-8-10-12/h11-12,16,22H,4-10H2,1-3H3/t16-,21-/m0/s1. The Morgan fingerprint density at radius 3 is 2.41 bits per heavy atom. The van der Waals surface area contributed by atoms with Gasteiger partial charge in [0.25, 0.3) is 0 Å². The Bertz CT molecular complexity index is 791. The maximum atomic E-state index is 12.9. The highest BCUT2D eigenvalue weighted by Crippen LogP contribution is 2.50. The Kier molecular flexibility index (Phi) is 6.10. The second kappa shape index (κ2) is 8.39. The predicted molar refractivity (Wildman–Crippen MR) is 101 cm³/mol. The molecular formula is C21H27NO7. The van der Waals surface area contributed by atoms with E-state index >= 15 is 0 Å². The molecule has 0 unspecified atom stereocenters. The van der Waals surface area contributed by atoms with Crippen LogP contribution in [0.5, 0.6) is 0 Å². The van der Waals surface area contributed by atoms with E-state index in [-0.39, 0.29) is 36.5 Å². The number of fused-ring (bicyclic) bond motifs is 1. The molecule has 2 atom stereocenters. The number of carbonyl (C=O) groups excluding carboxylic acids is 4. The Morgan fingerprint density at radius 2 is 1.79 bits per heavy atom. The van der Waals surface area contributed by atoms with Crippen LogP contribution < -0.4 is 5.32 Å². The number of hydrogen-bond acceptors (Lipinski definition) is 8. The molecule has 0 bridgehead atoms. The smallest absolute Gasteiger partial charge is 0.340 e. The third kappa shape index (κ3) is 3.68. The fraction of sp³-hybridized carbons (Fsp3) is 0.619. The van der Waals surface area contributed by atoms with Crippen molar-refractivity contribution in [2.75, 3.05) is 13.2 Å². The molecule has 8 nitrogen and oxygen atoms in total. The number of ether oxygens (including phenoxy) is 3. The first-order chi connectivity index (χ1) is 13.8. The first-order valence-corrected chi connectivity index (χ1v) is 10.2. The monoisotopic (exact) mass is 405 g/mol. The van der Waals surface area contributed by atoms with E-state index in [1.165, 1.54) is 6.92 Å². The van der Waals surface area contributed by atoms with Gasteiger partial charge in [-0.05, 0) is 33.6 Å². The number of allylic oxidation sites excluding steroid dienone is 2. The van der Waals surface area contributed by atoms with Gasteiger partial charge in [-0.1, -0.05) is 19.3 Å². The summed E-state index contributed by atoms with van der Waals surface area (Å²) < 4.78 is 16.2. The minimum atomic E-state index is -1.64. The van der Waals surface area contributed by atoms with Crippen molar-refractivity contribution in [2.24, 2.45) is 11.3 Å². The van der Waals surface area contributed by atoms with Crippen molar-refractivity contribution in [3.63, 3.8) is 0 Å². The summed E-state index contributed by atoms with van der Waals surface area (Å²) in [5, 5.41) is 3.22. The largest absolute Gasteiger partial charge is 0.465 e. The number of hydrogen-bond donors (Lipinski definition) is 1. The van der Waals surface area contributed by atoms with Gasteiger partial charge >= 0.3 is 11.9 Å². The van der Waals surface area contributed by atoms with Gasteiger partial charge in [0.15, 0.2) is 0 Å². The van der Waals surface area contributed by atoms with Crippen LogP contribution in [0.15, 0.2) is 23.3 Å². The number of nitrogens with one attached hydrogen (secondary N) is 1. The van der Waals surface area contributed by atoms with E-state index in [0.29, 0.717) is 0 Å². The molecule has 2 aliphatic carbocycles. The van der Waals surface area contributed by atoms with Crippen LogP contribution in [0.25, 0.3) is 0 Å². The average molecular weight is 405 g/mol. The molecule has 1 aliphatic heterocycles. The quantitative estimate of drug-likeness (QED) is 0.528. The lowest BCUT2D eigenvalue weighted by atomic mass is 9.69. The molecule has 158 valence electrons. The molecule has 0 aromatic carbocycles. The van der Waals surface area contributed by atoms with Crippen LogP contribution in [0.3, 0.4) is 0 Å². The molecule has 0 aromatic heterocycles. The van der Waals surface area contributed by atoms with Gasteiger partial charge in [-0.2, -0.15) is 0 Å². The molecule has 0 aromatic rings. The van der Waals surface area contributed by atoms with E-state index in [2.05, 4.69) is 5.32 Å². The van der Waals surface area contributed by atoms with Gasteiger partial charge in [0.1, 0.15) is 22.7 Å². The highest BCUT2D eigenvalue weighted by Gasteiger charge is 2.62. The highest BCUT2D eigenvalue weighted by atomic mass is 16.5. The summed E-state index contributed by atoms with van der Waals surface area (Å²) in [5.41, 5.74) is -1.73. The second-order valence-electron chi connectivity index (χ2n) is 7.63. The van der Waals surface area contributed by atoms with Gasteiger partial charge in [0.05, 0.1) is 13.2 Å². The summed E-state index contributed by atoms with van der Waals surface area (Å²) in [6, 6.07) is 0.0591. The van der Waals surface area contributed by atoms with E-state index in [9.17, 15) is 19.2 Å². The maximum absolute atomic E-state index is 12.9. The topological polar surface area (TPSA) is 108 Å². The lowest BCUT2D eigenvalue weighted by Gasteiger charge is -2.39. The Balaban J connectivity index is 2.12. The van der Waals surface area contributed by atoms with Crippen molar-refractivity contribution < 1.29 is 33.4 Å². The summed E-state index contributed by atoms with van der Waals surface area (Å²) in [6.45, 7) is 4.86. The third-order valence-electron chi connectivity index (χ3n) is 5.75. The van der Waals surface area contributed by atoms with Crippen LogP contribution in [0.4, 0.5) is 0 Å². The molecule has 3 rings (SSSR count). The molecule has 0 saturated heterocycles. The minimum absolute atomic E-state index is 0.0527. The summed E-state index contributed by atoms with van der Waals surface area (Å²) in [5.74, 6) is -4.30.